The van der Waals surface area contributed by atoms with Gasteiger partial charge in [0.2, 0.25) is 0 Å². The standard InChI is InChI=1S/C17H30O2/c1-12-7-6-9-17(5)10-8-14(11-15(12)17)16(3,4)19-13(2)18/h12,14-15H,6-11H2,1-5H3/t12?,14-,15+,17-/m1/s1. The summed E-state index contributed by atoms with van der Waals surface area (Å²) in [5.74, 6) is 2.02. The van der Waals surface area contributed by atoms with Crippen LogP contribution in [-0.4, -0.2) is 11.6 Å². The average Bonchev–Trinajstić information content (AvgIpc) is 2.26. The summed E-state index contributed by atoms with van der Waals surface area (Å²) in [5, 5.41) is 0. The van der Waals surface area contributed by atoms with Crippen molar-refractivity contribution in [2.45, 2.75) is 78.7 Å². The van der Waals surface area contributed by atoms with E-state index in [1.54, 1.807) is 0 Å². The van der Waals surface area contributed by atoms with Crippen LogP contribution in [0.3, 0.4) is 0 Å². The first kappa shape index (κ1) is 14.9. The third kappa shape index (κ3) is 2.98. The number of esters is 1. The smallest absolute Gasteiger partial charge is 0.303 e. The Morgan fingerprint density at radius 3 is 2.58 bits per heavy atom. The average molecular weight is 266 g/mol. The maximum Gasteiger partial charge on any atom is 0.303 e. The molecule has 0 aromatic rings. The van der Waals surface area contributed by atoms with Gasteiger partial charge in [-0.05, 0) is 62.7 Å². The molecule has 110 valence electrons. The maximum atomic E-state index is 11.3. The van der Waals surface area contributed by atoms with Crippen molar-refractivity contribution in [2.75, 3.05) is 0 Å². The van der Waals surface area contributed by atoms with Gasteiger partial charge in [0.25, 0.3) is 0 Å². The minimum atomic E-state index is -0.301. The van der Waals surface area contributed by atoms with E-state index in [9.17, 15) is 4.79 Å². The lowest BCUT2D eigenvalue weighted by atomic mass is 9.54. The summed E-state index contributed by atoms with van der Waals surface area (Å²) in [5.41, 5.74) is 0.241. The lowest BCUT2D eigenvalue weighted by molar-refractivity contribution is -0.164. The Morgan fingerprint density at radius 2 is 1.95 bits per heavy atom. The molecule has 2 saturated carbocycles. The molecule has 2 aliphatic carbocycles. The highest BCUT2D eigenvalue weighted by atomic mass is 16.6. The Morgan fingerprint density at radius 1 is 1.26 bits per heavy atom. The van der Waals surface area contributed by atoms with Crippen LogP contribution in [-0.2, 0) is 9.53 Å². The van der Waals surface area contributed by atoms with Gasteiger partial charge in [-0.2, -0.15) is 0 Å². The van der Waals surface area contributed by atoms with E-state index in [1.807, 2.05) is 0 Å². The van der Waals surface area contributed by atoms with Gasteiger partial charge in [0.15, 0.2) is 0 Å². The van der Waals surface area contributed by atoms with E-state index in [4.69, 9.17) is 4.74 Å². The molecule has 2 aliphatic rings. The minimum Gasteiger partial charge on any atom is -0.460 e. The van der Waals surface area contributed by atoms with Crippen LogP contribution in [0.1, 0.15) is 73.1 Å². The van der Waals surface area contributed by atoms with E-state index >= 15 is 0 Å². The van der Waals surface area contributed by atoms with Gasteiger partial charge in [-0.1, -0.05) is 26.7 Å². The molecule has 0 saturated heterocycles. The molecule has 1 unspecified atom stereocenters. The van der Waals surface area contributed by atoms with Gasteiger partial charge < -0.3 is 4.74 Å². The van der Waals surface area contributed by atoms with Gasteiger partial charge in [0.05, 0.1) is 0 Å². The van der Waals surface area contributed by atoms with E-state index in [-0.39, 0.29) is 11.6 Å². The molecule has 4 atom stereocenters. The fourth-order valence-electron chi connectivity index (χ4n) is 4.74. The lowest BCUT2D eigenvalue weighted by Gasteiger charge is -2.53. The van der Waals surface area contributed by atoms with Crippen LogP contribution in [0.15, 0.2) is 0 Å². The quantitative estimate of drug-likeness (QED) is 0.684. The van der Waals surface area contributed by atoms with Crippen molar-refractivity contribution in [3.8, 4) is 0 Å². The number of carbonyl (C=O) groups is 1. The first-order valence-corrected chi connectivity index (χ1v) is 7.94. The van der Waals surface area contributed by atoms with Crippen molar-refractivity contribution in [1.29, 1.82) is 0 Å². The largest absolute Gasteiger partial charge is 0.460 e. The normalized spacial score (nSPS) is 39.5. The molecule has 0 N–H and O–H groups in total. The number of fused-ring (bicyclic) bond motifs is 1. The van der Waals surface area contributed by atoms with E-state index in [0.717, 1.165) is 11.8 Å². The summed E-state index contributed by atoms with van der Waals surface area (Å²) in [6, 6.07) is 0. The van der Waals surface area contributed by atoms with Crippen molar-refractivity contribution in [3.05, 3.63) is 0 Å². The summed E-state index contributed by atoms with van der Waals surface area (Å²) in [6.07, 6.45) is 7.91. The maximum absolute atomic E-state index is 11.3. The Balaban J connectivity index is 2.10. The van der Waals surface area contributed by atoms with Crippen LogP contribution in [0, 0.1) is 23.2 Å². The molecule has 2 fully saturated rings. The Kier molecular flexibility index (Phi) is 3.99. The highest BCUT2D eigenvalue weighted by molar-refractivity contribution is 5.66. The zero-order chi connectivity index (χ0) is 14.3. The van der Waals surface area contributed by atoms with Crippen LogP contribution < -0.4 is 0 Å². The first-order chi connectivity index (χ1) is 8.74. The summed E-state index contributed by atoms with van der Waals surface area (Å²) >= 11 is 0. The molecule has 0 amide bonds. The summed E-state index contributed by atoms with van der Waals surface area (Å²) in [4.78, 5) is 11.3. The van der Waals surface area contributed by atoms with E-state index in [1.165, 1.54) is 45.4 Å². The highest BCUT2D eigenvalue weighted by Gasteiger charge is 2.48. The van der Waals surface area contributed by atoms with Crippen molar-refractivity contribution in [2.24, 2.45) is 23.2 Å². The SMILES string of the molecule is CC(=O)OC(C)(C)[C@@H]1CC[C@@]2(C)CCCC(C)[C@@H]2C1. The lowest BCUT2D eigenvalue weighted by Crippen LogP contribution is -2.47. The molecule has 2 heteroatoms. The number of ether oxygens (including phenoxy) is 1. The molecule has 19 heavy (non-hydrogen) atoms. The topological polar surface area (TPSA) is 26.3 Å². The molecular formula is C17H30O2. The minimum absolute atomic E-state index is 0.143. The Labute approximate surface area is 118 Å². The molecule has 0 aliphatic heterocycles. The summed E-state index contributed by atoms with van der Waals surface area (Å²) < 4.78 is 5.59. The molecule has 0 aromatic carbocycles. The molecule has 0 spiro atoms. The van der Waals surface area contributed by atoms with Crippen molar-refractivity contribution >= 4 is 5.97 Å². The third-order valence-electron chi connectivity index (χ3n) is 5.98. The fraction of sp³-hybridized carbons (Fsp3) is 0.941. The zero-order valence-corrected chi connectivity index (χ0v) is 13.3. The summed E-state index contributed by atoms with van der Waals surface area (Å²) in [7, 11) is 0. The predicted octanol–water partition coefficient (Wildman–Crippen LogP) is 4.57. The number of rotatable bonds is 2. The van der Waals surface area contributed by atoms with E-state index < -0.39 is 0 Å². The first-order valence-electron chi connectivity index (χ1n) is 7.94. The number of hydrogen-bond acceptors (Lipinski definition) is 2. The van der Waals surface area contributed by atoms with Gasteiger partial charge >= 0.3 is 5.97 Å². The number of hydrogen-bond donors (Lipinski definition) is 0. The van der Waals surface area contributed by atoms with Gasteiger partial charge in [-0.15, -0.1) is 0 Å². The molecule has 0 heterocycles. The highest BCUT2D eigenvalue weighted by Crippen LogP contribution is 2.55. The van der Waals surface area contributed by atoms with Crippen molar-refractivity contribution in [1.82, 2.24) is 0 Å². The zero-order valence-electron chi connectivity index (χ0n) is 13.3. The van der Waals surface area contributed by atoms with Crippen LogP contribution >= 0.6 is 0 Å². The monoisotopic (exact) mass is 266 g/mol. The predicted molar refractivity (Wildman–Crippen MR) is 77.8 cm³/mol. The molecule has 2 rings (SSSR count). The number of carbonyl (C=O) groups excluding carboxylic acids is 1. The second-order valence-electron chi connectivity index (χ2n) is 7.80. The third-order valence-corrected chi connectivity index (χ3v) is 5.98. The van der Waals surface area contributed by atoms with Crippen LogP contribution in [0.4, 0.5) is 0 Å². The van der Waals surface area contributed by atoms with Crippen LogP contribution in [0.25, 0.3) is 0 Å². The van der Waals surface area contributed by atoms with Crippen molar-refractivity contribution < 1.29 is 9.53 Å². The Bertz CT molecular complexity index is 347. The molecule has 2 nitrogen and oxygen atoms in total. The molecular weight excluding hydrogens is 236 g/mol. The van der Waals surface area contributed by atoms with Crippen molar-refractivity contribution in [3.63, 3.8) is 0 Å². The van der Waals surface area contributed by atoms with Gasteiger partial charge in [0, 0.05) is 6.92 Å². The molecule has 0 radical (unpaired) electrons. The molecule has 0 bridgehead atoms. The molecule has 0 aromatic heterocycles. The van der Waals surface area contributed by atoms with Gasteiger partial charge in [-0.25, -0.2) is 0 Å². The second kappa shape index (κ2) is 5.10. The van der Waals surface area contributed by atoms with Gasteiger partial charge in [-0.3, -0.25) is 4.79 Å². The summed E-state index contributed by atoms with van der Waals surface area (Å²) in [6.45, 7) is 10.6. The van der Waals surface area contributed by atoms with E-state index in [2.05, 4.69) is 27.7 Å². The second-order valence-corrected chi connectivity index (χ2v) is 7.80. The van der Waals surface area contributed by atoms with Crippen LogP contribution in [0.5, 0.6) is 0 Å². The van der Waals surface area contributed by atoms with Crippen LogP contribution in [0.2, 0.25) is 0 Å². The van der Waals surface area contributed by atoms with E-state index in [0.29, 0.717) is 11.3 Å². The fourth-order valence-corrected chi connectivity index (χ4v) is 4.74. The van der Waals surface area contributed by atoms with Gasteiger partial charge in [0.1, 0.15) is 5.60 Å². The Hall–Kier alpha value is -0.530.